The van der Waals surface area contributed by atoms with E-state index in [2.05, 4.69) is 9.97 Å². The van der Waals surface area contributed by atoms with Crippen molar-refractivity contribution < 1.29 is 9.53 Å². The molecule has 1 aromatic carbocycles. The van der Waals surface area contributed by atoms with Crippen molar-refractivity contribution in [1.29, 1.82) is 0 Å². The predicted molar refractivity (Wildman–Crippen MR) is 82.3 cm³/mol. The number of ether oxygens (including phenoxy) is 1. The van der Waals surface area contributed by atoms with Gasteiger partial charge in [0.05, 0.1) is 12.7 Å². The minimum Gasteiger partial charge on any atom is -0.496 e. The summed E-state index contributed by atoms with van der Waals surface area (Å²) in [5.74, 6) is 1.81. The zero-order valence-electron chi connectivity index (χ0n) is 12.1. The molecule has 5 nitrogen and oxygen atoms in total. The van der Waals surface area contributed by atoms with Crippen molar-refractivity contribution in [3.05, 3.63) is 46.4 Å². The number of anilines is 1. The van der Waals surface area contributed by atoms with E-state index in [1.54, 1.807) is 14.0 Å². The number of halogens is 1. The van der Waals surface area contributed by atoms with E-state index in [0.29, 0.717) is 30.0 Å². The Hall–Kier alpha value is -2.14. The van der Waals surface area contributed by atoms with Crippen molar-refractivity contribution in [2.45, 2.75) is 13.5 Å². The second-order valence-electron chi connectivity index (χ2n) is 4.58. The second-order valence-corrected chi connectivity index (χ2v) is 4.94. The summed E-state index contributed by atoms with van der Waals surface area (Å²) in [7, 11) is 3.47. The molecule has 1 heterocycles. The summed E-state index contributed by atoms with van der Waals surface area (Å²) in [6, 6.07) is 7.70. The summed E-state index contributed by atoms with van der Waals surface area (Å²) >= 11 is 6.01. The smallest absolute Gasteiger partial charge is 0.156 e. The predicted octanol–water partition coefficient (Wildman–Crippen LogP) is 2.90. The number of hydrogen-bond donors (Lipinski definition) is 0. The summed E-state index contributed by atoms with van der Waals surface area (Å²) in [6.45, 7) is 2.28. The van der Waals surface area contributed by atoms with Crippen molar-refractivity contribution in [2.75, 3.05) is 19.1 Å². The van der Waals surface area contributed by atoms with Gasteiger partial charge < -0.3 is 9.64 Å². The molecule has 0 atom stereocenters. The monoisotopic (exact) mass is 305 g/mol. The lowest BCUT2D eigenvalue weighted by Crippen LogP contribution is -2.21. The lowest BCUT2D eigenvalue weighted by molar-refractivity contribution is 0.112. The van der Waals surface area contributed by atoms with E-state index >= 15 is 0 Å². The third kappa shape index (κ3) is 3.31. The SMILES string of the molecule is COc1ccccc1CN(C)c1nc(C)nc(Cl)c1C=O. The number of rotatable bonds is 5. The van der Waals surface area contributed by atoms with E-state index in [1.165, 1.54) is 0 Å². The molecular formula is C15H16ClN3O2. The summed E-state index contributed by atoms with van der Waals surface area (Å²) in [5.41, 5.74) is 1.28. The fourth-order valence-corrected chi connectivity index (χ4v) is 2.34. The van der Waals surface area contributed by atoms with Gasteiger partial charge in [-0.05, 0) is 13.0 Å². The van der Waals surface area contributed by atoms with Gasteiger partial charge in [0.2, 0.25) is 0 Å². The number of aromatic nitrogens is 2. The van der Waals surface area contributed by atoms with Gasteiger partial charge >= 0.3 is 0 Å². The van der Waals surface area contributed by atoms with E-state index in [0.717, 1.165) is 11.3 Å². The molecule has 21 heavy (non-hydrogen) atoms. The molecule has 2 aromatic rings. The molecule has 0 saturated heterocycles. The molecule has 1 aromatic heterocycles. The zero-order valence-corrected chi connectivity index (χ0v) is 12.9. The lowest BCUT2D eigenvalue weighted by Gasteiger charge is -2.21. The van der Waals surface area contributed by atoms with E-state index in [1.807, 2.05) is 36.2 Å². The highest BCUT2D eigenvalue weighted by Crippen LogP contribution is 2.25. The maximum atomic E-state index is 11.2. The first-order valence-electron chi connectivity index (χ1n) is 6.39. The minimum atomic E-state index is 0.166. The van der Waals surface area contributed by atoms with Gasteiger partial charge in [0.25, 0.3) is 0 Å². The summed E-state index contributed by atoms with van der Waals surface area (Å²) in [6.07, 6.45) is 0.676. The van der Waals surface area contributed by atoms with E-state index in [4.69, 9.17) is 16.3 Å². The van der Waals surface area contributed by atoms with Crippen LogP contribution in [-0.2, 0) is 6.54 Å². The van der Waals surface area contributed by atoms with Gasteiger partial charge in [-0.25, -0.2) is 9.97 Å². The van der Waals surface area contributed by atoms with Crippen LogP contribution in [0.15, 0.2) is 24.3 Å². The molecule has 0 bridgehead atoms. The standard InChI is InChI=1S/C15H16ClN3O2/c1-10-17-14(16)12(9-20)15(18-10)19(2)8-11-6-4-5-7-13(11)21-3/h4-7,9H,8H2,1-3H3. The van der Waals surface area contributed by atoms with Crippen LogP contribution in [0.2, 0.25) is 5.15 Å². The number of hydrogen-bond acceptors (Lipinski definition) is 5. The molecule has 2 rings (SSSR count). The van der Waals surface area contributed by atoms with Gasteiger partial charge in [0, 0.05) is 19.2 Å². The van der Waals surface area contributed by atoms with Crippen LogP contribution < -0.4 is 9.64 Å². The Morgan fingerprint density at radius 2 is 2.05 bits per heavy atom. The van der Waals surface area contributed by atoms with Crippen molar-refractivity contribution >= 4 is 23.7 Å². The number of aldehydes is 1. The Bertz CT molecular complexity index is 661. The summed E-state index contributed by atoms with van der Waals surface area (Å²) < 4.78 is 5.33. The fourth-order valence-electron chi connectivity index (χ4n) is 2.09. The number of aryl methyl sites for hydroxylation is 1. The maximum absolute atomic E-state index is 11.2. The number of carbonyl (C=O) groups excluding carboxylic acids is 1. The van der Waals surface area contributed by atoms with Crippen LogP contribution in [-0.4, -0.2) is 30.4 Å². The molecule has 0 saturated carbocycles. The Kier molecular flexibility index (Phi) is 4.75. The van der Waals surface area contributed by atoms with Crippen LogP contribution in [0.3, 0.4) is 0 Å². The Balaban J connectivity index is 2.36. The number of benzene rings is 1. The van der Waals surface area contributed by atoms with Crippen molar-refractivity contribution in [1.82, 2.24) is 9.97 Å². The summed E-state index contributed by atoms with van der Waals surface area (Å²) in [4.78, 5) is 21.4. The van der Waals surface area contributed by atoms with Gasteiger partial charge in [-0.15, -0.1) is 0 Å². The fraction of sp³-hybridized carbons (Fsp3) is 0.267. The molecular weight excluding hydrogens is 290 g/mol. The second kappa shape index (κ2) is 6.54. The van der Waals surface area contributed by atoms with Gasteiger partial charge in [-0.1, -0.05) is 29.8 Å². The Labute approximate surface area is 128 Å². The van der Waals surface area contributed by atoms with Gasteiger partial charge in [0.15, 0.2) is 6.29 Å². The van der Waals surface area contributed by atoms with Crippen LogP contribution >= 0.6 is 11.6 Å². The molecule has 0 N–H and O–H groups in total. The Morgan fingerprint density at radius 1 is 1.33 bits per heavy atom. The highest BCUT2D eigenvalue weighted by atomic mass is 35.5. The number of para-hydroxylation sites is 1. The third-order valence-electron chi connectivity index (χ3n) is 3.07. The van der Waals surface area contributed by atoms with Gasteiger partial charge in [0.1, 0.15) is 22.5 Å². The number of nitrogens with zero attached hydrogens (tertiary/aromatic N) is 3. The highest BCUT2D eigenvalue weighted by molar-refractivity contribution is 6.32. The first-order valence-corrected chi connectivity index (χ1v) is 6.77. The van der Waals surface area contributed by atoms with Crippen molar-refractivity contribution in [3.8, 4) is 5.75 Å². The molecule has 0 amide bonds. The molecule has 0 aliphatic carbocycles. The Morgan fingerprint density at radius 3 is 2.71 bits per heavy atom. The van der Waals surface area contributed by atoms with E-state index in [-0.39, 0.29) is 5.15 Å². The number of carbonyl (C=O) groups is 1. The topological polar surface area (TPSA) is 55.3 Å². The normalized spacial score (nSPS) is 10.3. The average molecular weight is 306 g/mol. The highest BCUT2D eigenvalue weighted by Gasteiger charge is 2.16. The first kappa shape index (κ1) is 15.3. The first-order chi connectivity index (χ1) is 10.1. The maximum Gasteiger partial charge on any atom is 0.156 e. The van der Waals surface area contributed by atoms with Gasteiger partial charge in [-0.2, -0.15) is 0 Å². The molecule has 0 fully saturated rings. The average Bonchev–Trinajstić information content (AvgIpc) is 2.47. The quantitative estimate of drug-likeness (QED) is 0.628. The number of methoxy groups -OCH3 is 1. The molecule has 6 heteroatoms. The van der Waals surface area contributed by atoms with Crippen molar-refractivity contribution in [3.63, 3.8) is 0 Å². The van der Waals surface area contributed by atoms with Crippen LogP contribution in [0.5, 0.6) is 5.75 Å². The van der Waals surface area contributed by atoms with E-state index < -0.39 is 0 Å². The van der Waals surface area contributed by atoms with Crippen LogP contribution in [0, 0.1) is 6.92 Å². The van der Waals surface area contributed by atoms with Crippen LogP contribution in [0.1, 0.15) is 21.7 Å². The molecule has 0 aliphatic rings. The summed E-state index contributed by atoms with van der Waals surface area (Å²) in [5, 5.41) is 0.166. The van der Waals surface area contributed by atoms with Crippen LogP contribution in [0.25, 0.3) is 0 Å². The molecule has 110 valence electrons. The molecule has 0 unspecified atom stereocenters. The molecule has 0 spiro atoms. The van der Waals surface area contributed by atoms with Crippen molar-refractivity contribution in [2.24, 2.45) is 0 Å². The van der Waals surface area contributed by atoms with E-state index in [9.17, 15) is 4.79 Å². The molecule has 0 aliphatic heterocycles. The van der Waals surface area contributed by atoms with Crippen LogP contribution in [0.4, 0.5) is 5.82 Å². The third-order valence-corrected chi connectivity index (χ3v) is 3.36. The largest absolute Gasteiger partial charge is 0.496 e. The minimum absolute atomic E-state index is 0.166. The molecule has 0 radical (unpaired) electrons. The lowest BCUT2D eigenvalue weighted by atomic mass is 10.2. The zero-order chi connectivity index (χ0) is 15.4. The van der Waals surface area contributed by atoms with Gasteiger partial charge in [-0.3, -0.25) is 4.79 Å².